The zero-order valence-corrected chi connectivity index (χ0v) is 13.8. The summed E-state index contributed by atoms with van der Waals surface area (Å²) in [5.41, 5.74) is 3.32. The number of ether oxygens (including phenoxy) is 1. The van der Waals surface area contributed by atoms with Gasteiger partial charge < -0.3 is 9.15 Å². The molecule has 0 saturated heterocycles. The number of benzene rings is 2. The number of carbonyl (C=O) groups is 1. The van der Waals surface area contributed by atoms with Crippen LogP contribution in [-0.2, 0) is 17.8 Å². The molecule has 0 fully saturated rings. The van der Waals surface area contributed by atoms with E-state index in [1.54, 1.807) is 11.2 Å². The van der Waals surface area contributed by atoms with Crippen LogP contribution < -0.4 is 0 Å². The van der Waals surface area contributed by atoms with E-state index in [-0.39, 0.29) is 18.7 Å². The van der Waals surface area contributed by atoms with E-state index < -0.39 is 0 Å². The molecule has 0 spiro atoms. The van der Waals surface area contributed by atoms with Gasteiger partial charge in [0.25, 0.3) is 0 Å². The molecule has 1 atom stereocenters. The standard InChI is InChI=1S/C21H19NO3/c23-21(25-15-16-7-2-1-3-8-16)22-13-12-17-9-4-5-10-18(17)20(22)19-11-6-14-24-19/h1-11,14,20H,12-13,15H2. The number of amides is 1. The molecule has 1 aromatic heterocycles. The molecule has 4 heteroatoms. The number of nitrogens with zero attached hydrogens (tertiary/aromatic N) is 1. The largest absolute Gasteiger partial charge is 0.467 e. The molecule has 1 aliphatic rings. The summed E-state index contributed by atoms with van der Waals surface area (Å²) in [7, 11) is 0. The summed E-state index contributed by atoms with van der Waals surface area (Å²) in [5, 5.41) is 0. The van der Waals surface area contributed by atoms with Gasteiger partial charge in [-0.15, -0.1) is 0 Å². The maximum atomic E-state index is 12.7. The zero-order chi connectivity index (χ0) is 17.1. The monoisotopic (exact) mass is 333 g/mol. The predicted octanol–water partition coefficient (Wildman–Crippen LogP) is 4.56. The highest BCUT2D eigenvalue weighted by Gasteiger charge is 2.34. The van der Waals surface area contributed by atoms with Crippen LogP contribution in [0, 0.1) is 0 Å². The lowest BCUT2D eigenvalue weighted by molar-refractivity contribution is 0.0799. The fraction of sp³-hybridized carbons (Fsp3) is 0.190. The van der Waals surface area contributed by atoms with Gasteiger partial charge in [0.1, 0.15) is 18.4 Å². The van der Waals surface area contributed by atoms with Gasteiger partial charge in [0.2, 0.25) is 0 Å². The lowest BCUT2D eigenvalue weighted by Gasteiger charge is -2.35. The summed E-state index contributed by atoms with van der Waals surface area (Å²) in [6.45, 7) is 0.874. The molecule has 2 aromatic carbocycles. The third-order valence-corrected chi connectivity index (χ3v) is 4.54. The summed E-state index contributed by atoms with van der Waals surface area (Å²) in [6, 6.07) is 21.4. The molecule has 0 bridgehead atoms. The van der Waals surface area contributed by atoms with Crippen molar-refractivity contribution in [1.29, 1.82) is 0 Å². The van der Waals surface area contributed by atoms with Gasteiger partial charge in [-0.3, -0.25) is 4.90 Å². The molecule has 3 aromatic rings. The first kappa shape index (κ1) is 15.5. The van der Waals surface area contributed by atoms with Gasteiger partial charge in [-0.25, -0.2) is 4.79 Å². The van der Waals surface area contributed by atoms with E-state index >= 15 is 0 Å². The smallest absolute Gasteiger partial charge is 0.411 e. The Morgan fingerprint density at radius 2 is 1.84 bits per heavy atom. The van der Waals surface area contributed by atoms with Gasteiger partial charge in [-0.1, -0.05) is 54.6 Å². The van der Waals surface area contributed by atoms with Crippen LogP contribution in [-0.4, -0.2) is 17.5 Å². The molecule has 1 amide bonds. The number of carbonyl (C=O) groups excluding carboxylic acids is 1. The second kappa shape index (κ2) is 6.85. The van der Waals surface area contributed by atoms with Gasteiger partial charge in [0.05, 0.1) is 6.26 Å². The van der Waals surface area contributed by atoms with E-state index in [4.69, 9.17) is 9.15 Å². The minimum absolute atomic E-state index is 0.247. The van der Waals surface area contributed by atoms with Gasteiger partial charge in [-0.2, -0.15) is 0 Å². The molecule has 0 saturated carbocycles. The first-order valence-corrected chi connectivity index (χ1v) is 8.41. The van der Waals surface area contributed by atoms with Gasteiger partial charge in [-0.05, 0) is 35.2 Å². The summed E-state index contributed by atoms with van der Waals surface area (Å²) in [5.74, 6) is 0.754. The summed E-state index contributed by atoms with van der Waals surface area (Å²) >= 11 is 0. The molecule has 126 valence electrons. The minimum atomic E-state index is -0.320. The Kier molecular flexibility index (Phi) is 4.25. The highest BCUT2D eigenvalue weighted by molar-refractivity contribution is 5.70. The Labute approximate surface area is 146 Å². The Hall–Kier alpha value is -3.01. The van der Waals surface area contributed by atoms with Crippen molar-refractivity contribution in [3.63, 3.8) is 0 Å². The van der Waals surface area contributed by atoms with E-state index in [9.17, 15) is 4.79 Å². The van der Waals surface area contributed by atoms with E-state index in [0.29, 0.717) is 6.54 Å². The average molecular weight is 333 g/mol. The number of rotatable bonds is 3. The van der Waals surface area contributed by atoms with E-state index in [1.807, 2.05) is 54.6 Å². The molecule has 1 unspecified atom stereocenters. The number of hydrogen-bond donors (Lipinski definition) is 0. The molecule has 0 radical (unpaired) electrons. The second-order valence-corrected chi connectivity index (χ2v) is 6.10. The van der Waals surface area contributed by atoms with Crippen molar-refractivity contribution in [1.82, 2.24) is 4.90 Å². The maximum Gasteiger partial charge on any atom is 0.411 e. The average Bonchev–Trinajstić information content (AvgIpc) is 3.20. The molecule has 4 rings (SSSR count). The fourth-order valence-corrected chi connectivity index (χ4v) is 3.32. The van der Waals surface area contributed by atoms with Crippen molar-refractivity contribution >= 4 is 6.09 Å². The minimum Gasteiger partial charge on any atom is -0.467 e. The van der Waals surface area contributed by atoms with E-state index in [2.05, 4.69) is 12.1 Å². The first-order valence-electron chi connectivity index (χ1n) is 8.41. The Morgan fingerprint density at radius 1 is 1.04 bits per heavy atom. The van der Waals surface area contributed by atoms with E-state index in [1.165, 1.54) is 5.56 Å². The van der Waals surface area contributed by atoms with Crippen LogP contribution in [0.3, 0.4) is 0 Å². The predicted molar refractivity (Wildman–Crippen MR) is 94.0 cm³/mol. The summed E-state index contributed by atoms with van der Waals surface area (Å²) in [4.78, 5) is 14.5. The molecule has 0 N–H and O–H groups in total. The van der Waals surface area contributed by atoms with Gasteiger partial charge >= 0.3 is 6.09 Å². The third kappa shape index (κ3) is 3.15. The number of furan rings is 1. The third-order valence-electron chi connectivity index (χ3n) is 4.54. The Bertz CT molecular complexity index is 843. The lowest BCUT2D eigenvalue weighted by atomic mass is 9.91. The number of hydrogen-bond acceptors (Lipinski definition) is 3. The first-order chi connectivity index (χ1) is 12.3. The van der Waals surface area contributed by atoms with Crippen LogP contribution in [0.25, 0.3) is 0 Å². The van der Waals surface area contributed by atoms with Crippen LogP contribution in [0.4, 0.5) is 4.79 Å². The van der Waals surface area contributed by atoms with Gasteiger partial charge in [0.15, 0.2) is 0 Å². The van der Waals surface area contributed by atoms with Crippen molar-refractivity contribution in [3.8, 4) is 0 Å². The SMILES string of the molecule is O=C(OCc1ccccc1)N1CCc2ccccc2C1c1ccco1. The molecule has 0 aliphatic carbocycles. The van der Waals surface area contributed by atoms with Crippen LogP contribution in [0.1, 0.15) is 28.5 Å². The topological polar surface area (TPSA) is 42.7 Å². The maximum absolute atomic E-state index is 12.7. The normalized spacial score (nSPS) is 16.3. The van der Waals surface area contributed by atoms with E-state index in [0.717, 1.165) is 23.3 Å². The number of fused-ring (bicyclic) bond motifs is 1. The molecule has 1 aliphatic heterocycles. The van der Waals surface area contributed by atoms with Crippen molar-refractivity contribution < 1.29 is 13.9 Å². The van der Waals surface area contributed by atoms with Crippen LogP contribution in [0.2, 0.25) is 0 Å². The lowest BCUT2D eigenvalue weighted by Crippen LogP contribution is -2.40. The van der Waals surface area contributed by atoms with Crippen LogP contribution >= 0.6 is 0 Å². The van der Waals surface area contributed by atoms with Crippen molar-refractivity contribution in [2.75, 3.05) is 6.54 Å². The van der Waals surface area contributed by atoms with Gasteiger partial charge in [0, 0.05) is 6.54 Å². The molecular weight excluding hydrogens is 314 g/mol. The highest BCUT2D eigenvalue weighted by Crippen LogP contribution is 2.35. The highest BCUT2D eigenvalue weighted by atomic mass is 16.6. The quantitative estimate of drug-likeness (QED) is 0.705. The zero-order valence-electron chi connectivity index (χ0n) is 13.8. The molecule has 25 heavy (non-hydrogen) atoms. The molecule has 2 heterocycles. The van der Waals surface area contributed by atoms with Crippen molar-refractivity contribution in [2.24, 2.45) is 0 Å². The van der Waals surface area contributed by atoms with Crippen molar-refractivity contribution in [2.45, 2.75) is 19.1 Å². The van der Waals surface area contributed by atoms with Crippen molar-refractivity contribution in [3.05, 3.63) is 95.4 Å². The molecular formula is C21H19NO3. The van der Waals surface area contributed by atoms with Crippen LogP contribution in [0.15, 0.2) is 77.4 Å². The van der Waals surface area contributed by atoms with Crippen LogP contribution in [0.5, 0.6) is 0 Å². The summed E-state index contributed by atoms with van der Waals surface area (Å²) < 4.78 is 11.2. The molecule has 4 nitrogen and oxygen atoms in total. The Balaban J connectivity index is 1.58. The fourth-order valence-electron chi connectivity index (χ4n) is 3.32. The second-order valence-electron chi connectivity index (χ2n) is 6.10. The summed E-state index contributed by atoms with van der Waals surface area (Å²) in [6.07, 6.45) is 2.13. The Morgan fingerprint density at radius 3 is 2.64 bits per heavy atom.